The zero-order valence-electron chi connectivity index (χ0n) is 15.2. The Morgan fingerprint density at radius 2 is 1.64 bits per heavy atom. The Hall–Kier alpha value is -2.47. The van der Waals surface area contributed by atoms with Gasteiger partial charge in [-0.2, -0.15) is 15.0 Å². The van der Waals surface area contributed by atoms with E-state index < -0.39 is 5.60 Å². The molecule has 0 aliphatic rings. The highest BCUT2D eigenvalue weighted by Gasteiger charge is 2.25. The predicted molar refractivity (Wildman–Crippen MR) is 96.4 cm³/mol. The Kier molecular flexibility index (Phi) is 4.47. The molecule has 0 radical (unpaired) electrons. The second kappa shape index (κ2) is 6.44. The zero-order valence-corrected chi connectivity index (χ0v) is 15.2. The second-order valence-corrected chi connectivity index (χ2v) is 7.89. The van der Waals surface area contributed by atoms with Gasteiger partial charge >= 0.3 is 0 Å². The summed E-state index contributed by atoms with van der Waals surface area (Å²) in [6, 6.07) is 7.60. The molecule has 0 aliphatic carbocycles. The molecule has 1 aromatic carbocycles. The van der Waals surface area contributed by atoms with Crippen molar-refractivity contribution in [1.82, 2.24) is 25.0 Å². The minimum absolute atomic E-state index is 0.186. The molecule has 2 N–H and O–H groups in total. The van der Waals surface area contributed by atoms with Gasteiger partial charge in [-0.15, -0.1) is 0 Å². The van der Waals surface area contributed by atoms with E-state index in [1.165, 1.54) is 0 Å². The maximum atomic E-state index is 10.9. The molecule has 25 heavy (non-hydrogen) atoms. The van der Waals surface area contributed by atoms with Crippen molar-refractivity contribution in [3.63, 3.8) is 0 Å². The van der Waals surface area contributed by atoms with Gasteiger partial charge < -0.3 is 10.1 Å². The van der Waals surface area contributed by atoms with Crippen LogP contribution >= 0.6 is 0 Å². The Bertz CT molecular complexity index is 810. The summed E-state index contributed by atoms with van der Waals surface area (Å²) in [5.74, 6) is 0.794. The number of aliphatic hydroxyl groups is 1. The van der Waals surface area contributed by atoms with E-state index in [2.05, 4.69) is 40.9 Å². The summed E-state index contributed by atoms with van der Waals surface area (Å²) in [5, 5.41) is 19.1. The molecule has 3 aromatic rings. The highest BCUT2D eigenvalue weighted by molar-refractivity contribution is 5.35. The van der Waals surface area contributed by atoms with Gasteiger partial charge in [0, 0.05) is 12.6 Å². The monoisotopic (exact) mass is 339 g/mol. The second-order valence-electron chi connectivity index (χ2n) is 7.89. The number of aromatic nitrogens is 5. The summed E-state index contributed by atoms with van der Waals surface area (Å²) in [6.45, 7) is 8.37. The maximum absolute atomic E-state index is 10.9. The molecule has 1 atom stereocenters. The third kappa shape index (κ3) is 4.33. The van der Waals surface area contributed by atoms with Crippen LogP contribution in [0.15, 0.2) is 42.9 Å². The van der Waals surface area contributed by atoms with E-state index in [1.54, 1.807) is 24.1 Å². The van der Waals surface area contributed by atoms with E-state index in [4.69, 9.17) is 0 Å². The van der Waals surface area contributed by atoms with Crippen LogP contribution in [-0.4, -0.2) is 30.1 Å². The molecule has 0 aliphatic heterocycles. The maximum Gasteiger partial charge on any atom is 0.109 e. The first-order chi connectivity index (χ1) is 11.7. The number of hydrogen-bond acceptors (Lipinski definition) is 4. The average molecular weight is 339 g/mol. The summed E-state index contributed by atoms with van der Waals surface area (Å²) in [7, 11) is 0. The molecule has 3 rings (SSSR count). The average Bonchev–Trinajstić information content (AvgIpc) is 3.17. The lowest BCUT2D eigenvalue weighted by molar-refractivity contribution is 0.0556. The van der Waals surface area contributed by atoms with Crippen LogP contribution in [0.1, 0.15) is 44.8 Å². The van der Waals surface area contributed by atoms with Gasteiger partial charge in [0.05, 0.1) is 29.4 Å². The molecule has 132 valence electrons. The summed E-state index contributed by atoms with van der Waals surface area (Å²) in [6.07, 6.45) is 6.53. The first-order valence-corrected chi connectivity index (χ1v) is 8.46. The molecule has 2 aromatic heterocycles. The molecular weight excluding hydrogens is 314 g/mol. The fourth-order valence-electron chi connectivity index (χ4n) is 2.86. The van der Waals surface area contributed by atoms with Crippen LogP contribution < -0.4 is 0 Å². The van der Waals surface area contributed by atoms with Gasteiger partial charge in [0.2, 0.25) is 0 Å². The van der Waals surface area contributed by atoms with Crippen molar-refractivity contribution in [2.75, 3.05) is 0 Å². The number of H-pyrrole nitrogens is 1. The van der Waals surface area contributed by atoms with E-state index in [0.717, 1.165) is 29.2 Å². The first-order valence-electron chi connectivity index (χ1n) is 8.46. The molecule has 0 saturated heterocycles. The van der Waals surface area contributed by atoms with Gasteiger partial charge in [-0.05, 0) is 36.5 Å². The lowest BCUT2D eigenvalue weighted by Gasteiger charge is -2.23. The third-order valence-electron chi connectivity index (χ3n) is 4.05. The fraction of sp³-hybridized carbons (Fsp3) is 0.421. The topological polar surface area (TPSA) is 79.6 Å². The van der Waals surface area contributed by atoms with E-state index in [0.29, 0.717) is 6.42 Å². The molecule has 0 spiro atoms. The minimum atomic E-state index is -1.01. The highest BCUT2D eigenvalue weighted by atomic mass is 16.3. The van der Waals surface area contributed by atoms with E-state index in [1.807, 2.05) is 30.5 Å². The summed E-state index contributed by atoms with van der Waals surface area (Å²) >= 11 is 0. The number of rotatable bonds is 5. The van der Waals surface area contributed by atoms with Crippen LogP contribution in [0.4, 0.5) is 0 Å². The van der Waals surface area contributed by atoms with E-state index in [9.17, 15) is 5.11 Å². The number of benzene rings is 1. The molecule has 6 nitrogen and oxygen atoms in total. The molecule has 0 amide bonds. The van der Waals surface area contributed by atoms with Crippen molar-refractivity contribution in [2.45, 2.75) is 46.1 Å². The summed E-state index contributed by atoms with van der Waals surface area (Å²) in [5.41, 5.74) is 1.89. The SMILES string of the molecule is CC(C)(C)Cc1c[nH]c(CC(C)(O)c2ccc(-n3nccn3)cc2)n1. The van der Waals surface area contributed by atoms with Crippen molar-refractivity contribution in [3.8, 4) is 5.69 Å². The van der Waals surface area contributed by atoms with Crippen molar-refractivity contribution in [1.29, 1.82) is 0 Å². The molecule has 6 heteroatoms. The molecule has 0 bridgehead atoms. The van der Waals surface area contributed by atoms with E-state index >= 15 is 0 Å². The fourth-order valence-corrected chi connectivity index (χ4v) is 2.86. The number of nitrogens with one attached hydrogen (secondary N) is 1. The first kappa shape index (κ1) is 17.4. The van der Waals surface area contributed by atoms with Crippen LogP contribution in [0, 0.1) is 5.41 Å². The Balaban J connectivity index is 1.73. The standard InChI is InChI=1S/C19H25N5O/c1-18(2,3)11-15-13-20-17(23-15)12-19(4,25)14-5-7-16(8-6-14)24-21-9-10-22-24/h5-10,13,25H,11-12H2,1-4H3,(H,20,23). The van der Waals surface area contributed by atoms with Crippen LogP contribution in [0.3, 0.4) is 0 Å². The van der Waals surface area contributed by atoms with Gasteiger partial charge in [-0.25, -0.2) is 4.98 Å². The van der Waals surface area contributed by atoms with Crippen LogP contribution in [0.25, 0.3) is 5.69 Å². The van der Waals surface area contributed by atoms with E-state index in [-0.39, 0.29) is 5.41 Å². The summed E-state index contributed by atoms with van der Waals surface area (Å²) < 4.78 is 0. The molecule has 0 saturated carbocycles. The van der Waals surface area contributed by atoms with Gasteiger partial charge in [-0.1, -0.05) is 32.9 Å². The Morgan fingerprint density at radius 1 is 1.00 bits per heavy atom. The normalized spacial score (nSPS) is 14.4. The van der Waals surface area contributed by atoms with Crippen molar-refractivity contribution >= 4 is 0 Å². The molecular formula is C19H25N5O. The van der Waals surface area contributed by atoms with Crippen LogP contribution in [0.5, 0.6) is 0 Å². The minimum Gasteiger partial charge on any atom is -0.385 e. The van der Waals surface area contributed by atoms with Crippen LogP contribution in [-0.2, 0) is 18.4 Å². The third-order valence-corrected chi connectivity index (χ3v) is 4.05. The van der Waals surface area contributed by atoms with Gasteiger partial charge in [-0.3, -0.25) is 0 Å². The smallest absolute Gasteiger partial charge is 0.109 e. The largest absolute Gasteiger partial charge is 0.385 e. The quantitative estimate of drug-likeness (QED) is 0.749. The molecule has 2 heterocycles. The number of nitrogens with zero attached hydrogens (tertiary/aromatic N) is 4. The van der Waals surface area contributed by atoms with Gasteiger partial charge in [0.25, 0.3) is 0 Å². The number of imidazole rings is 1. The van der Waals surface area contributed by atoms with Crippen molar-refractivity contribution < 1.29 is 5.11 Å². The van der Waals surface area contributed by atoms with Gasteiger partial charge in [0.1, 0.15) is 5.82 Å². The number of hydrogen-bond donors (Lipinski definition) is 2. The molecule has 1 unspecified atom stereocenters. The lowest BCUT2D eigenvalue weighted by Crippen LogP contribution is -2.25. The zero-order chi connectivity index (χ0) is 18.1. The number of aromatic amines is 1. The Morgan fingerprint density at radius 3 is 2.24 bits per heavy atom. The Labute approximate surface area is 147 Å². The van der Waals surface area contributed by atoms with Crippen molar-refractivity contribution in [2.24, 2.45) is 5.41 Å². The molecule has 0 fully saturated rings. The predicted octanol–water partition coefficient (Wildman–Crippen LogP) is 3.03. The lowest BCUT2D eigenvalue weighted by atomic mass is 9.91. The summed E-state index contributed by atoms with van der Waals surface area (Å²) in [4.78, 5) is 9.36. The van der Waals surface area contributed by atoms with Crippen LogP contribution in [0.2, 0.25) is 0 Å². The highest BCUT2D eigenvalue weighted by Crippen LogP contribution is 2.26. The van der Waals surface area contributed by atoms with Crippen molar-refractivity contribution in [3.05, 3.63) is 59.9 Å². The van der Waals surface area contributed by atoms with Gasteiger partial charge in [0.15, 0.2) is 0 Å².